The lowest BCUT2D eigenvalue weighted by molar-refractivity contribution is -0.143. The largest absolute Gasteiger partial charge is 0.466 e. The summed E-state index contributed by atoms with van der Waals surface area (Å²) in [5, 5.41) is 23.3. The van der Waals surface area contributed by atoms with E-state index in [2.05, 4.69) is 43.5 Å². The normalized spacial score (nSPS) is 12.8. The van der Waals surface area contributed by atoms with Gasteiger partial charge in [-0.2, -0.15) is 0 Å². The number of aliphatic hydroxyl groups excluding tert-OH is 2. The molecule has 0 aromatic rings. The lowest BCUT2D eigenvalue weighted by Crippen LogP contribution is -2.45. The third-order valence-electron chi connectivity index (χ3n) is 13.2. The van der Waals surface area contributed by atoms with E-state index in [1.54, 1.807) is 0 Å². The van der Waals surface area contributed by atoms with E-state index in [9.17, 15) is 19.8 Å². The Hall–Kier alpha value is -1.66. The monoisotopic (exact) mass is 902 g/mol. The van der Waals surface area contributed by atoms with Gasteiger partial charge in [0.1, 0.15) is 0 Å². The second kappa shape index (κ2) is 54.0. The molecular formula is C58H111NO5. The standard InChI is InChI=1S/C58H111NO5/c1-3-5-7-9-11-13-15-17-18-19-20-21-22-23-24-25-26-27-28-30-31-34-38-42-46-50-56(61)55(54-60)59-57(62)51-47-43-39-35-33-37-41-45-49-53-64-58(63)52-48-44-40-36-32-29-16-14-12-10-8-6-4-2/h8,10,14,16,55-56,60-61H,3-7,9,11-13,15,17-54H2,1-2H3,(H,59,62)/b10-8-,16-14-. The molecule has 0 rings (SSSR count). The van der Waals surface area contributed by atoms with Gasteiger partial charge in [0, 0.05) is 12.8 Å². The molecule has 0 aliphatic heterocycles. The van der Waals surface area contributed by atoms with E-state index in [0.29, 0.717) is 25.9 Å². The highest BCUT2D eigenvalue weighted by Crippen LogP contribution is 2.17. The number of unbranched alkanes of at least 4 members (excludes halogenated alkanes) is 38. The van der Waals surface area contributed by atoms with Gasteiger partial charge >= 0.3 is 5.97 Å². The van der Waals surface area contributed by atoms with Gasteiger partial charge in [-0.3, -0.25) is 9.59 Å². The van der Waals surface area contributed by atoms with Gasteiger partial charge in [-0.1, -0.05) is 269 Å². The van der Waals surface area contributed by atoms with Crippen LogP contribution in [-0.4, -0.2) is 47.4 Å². The topological polar surface area (TPSA) is 95.9 Å². The van der Waals surface area contributed by atoms with Crippen LogP contribution in [0.15, 0.2) is 24.3 Å². The number of rotatable bonds is 53. The fourth-order valence-corrected chi connectivity index (χ4v) is 8.85. The second-order valence-electron chi connectivity index (χ2n) is 19.6. The lowest BCUT2D eigenvalue weighted by atomic mass is 10.0. The maximum Gasteiger partial charge on any atom is 0.305 e. The molecule has 378 valence electrons. The first-order valence-electron chi connectivity index (χ1n) is 28.6. The minimum absolute atomic E-state index is 0.0393. The molecule has 1 amide bonds. The van der Waals surface area contributed by atoms with Crippen molar-refractivity contribution in [2.24, 2.45) is 0 Å². The quantitative estimate of drug-likeness (QED) is 0.0321. The van der Waals surface area contributed by atoms with Crippen LogP contribution in [0.1, 0.15) is 309 Å². The van der Waals surface area contributed by atoms with Crippen LogP contribution in [0.25, 0.3) is 0 Å². The van der Waals surface area contributed by atoms with Crippen molar-refractivity contribution >= 4 is 11.9 Å². The zero-order valence-corrected chi connectivity index (χ0v) is 43.0. The third kappa shape index (κ3) is 49.8. The summed E-state index contributed by atoms with van der Waals surface area (Å²) in [6, 6.07) is -0.564. The van der Waals surface area contributed by atoms with Gasteiger partial charge in [0.05, 0.1) is 25.4 Å². The smallest absolute Gasteiger partial charge is 0.305 e. The number of amides is 1. The lowest BCUT2D eigenvalue weighted by Gasteiger charge is -2.22. The van der Waals surface area contributed by atoms with Crippen molar-refractivity contribution in [1.29, 1.82) is 0 Å². The molecule has 0 fully saturated rings. The highest BCUT2D eigenvalue weighted by Gasteiger charge is 2.20. The number of hydrogen-bond acceptors (Lipinski definition) is 5. The molecular weight excluding hydrogens is 791 g/mol. The predicted molar refractivity (Wildman–Crippen MR) is 278 cm³/mol. The number of allylic oxidation sites excluding steroid dienone is 4. The summed E-state index contributed by atoms with van der Waals surface area (Å²) >= 11 is 0. The molecule has 0 saturated carbocycles. The first-order valence-corrected chi connectivity index (χ1v) is 28.6. The van der Waals surface area contributed by atoms with Crippen LogP contribution in [-0.2, 0) is 14.3 Å². The van der Waals surface area contributed by atoms with E-state index in [1.165, 1.54) is 205 Å². The summed E-state index contributed by atoms with van der Waals surface area (Å²) in [7, 11) is 0. The van der Waals surface area contributed by atoms with Crippen LogP contribution in [0.2, 0.25) is 0 Å². The molecule has 64 heavy (non-hydrogen) atoms. The van der Waals surface area contributed by atoms with E-state index >= 15 is 0 Å². The Morgan fingerprint density at radius 3 is 1.25 bits per heavy atom. The molecule has 0 aliphatic rings. The summed E-state index contributed by atoms with van der Waals surface area (Å²) in [4.78, 5) is 24.5. The molecule has 0 aromatic heterocycles. The van der Waals surface area contributed by atoms with E-state index in [4.69, 9.17) is 4.74 Å². The molecule has 2 atom stereocenters. The second-order valence-corrected chi connectivity index (χ2v) is 19.6. The Kier molecular flexibility index (Phi) is 52.6. The van der Waals surface area contributed by atoms with Crippen molar-refractivity contribution < 1.29 is 24.5 Å². The summed E-state index contributed by atoms with van der Waals surface area (Å²) in [6.45, 7) is 4.84. The Morgan fingerprint density at radius 1 is 0.438 bits per heavy atom. The van der Waals surface area contributed by atoms with Gasteiger partial charge in [-0.25, -0.2) is 0 Å². The number of esters is 1. The summed E-state index contributed by atoms with van der Waals surface area (Å²) in [6.07, 6.45) is 64.5. The van der Waals surface area contributed by atoms with Gasteiger partial charge in [-0.05, 0) is 51.4 Å². The summed E-state index contributed by atoms with van der Waals surface area (Å²) in [5.41, 5.74) is 0. The van der Waals surface area contributed by atoms with Crippen molar-refractivity contribution in [2.45, 2.75) is 321 Å². The summed E-state index contributed by atoms with van der Waals surface area (Å²) in [5.74, 6) is -0.100. The molecule has 0 heterocycles. The van der Waals surface area contributed by atoms with Gasteiger partial charge in [0.2, 0.25) is 5.91 Å². The van der Waals surface area contributed by atoms with Gasteiger partial charge < -0.3 is 20.3 Å². The van der Waals surface area contributed by atoms with Crippen LogP contribution < -0.4 is 5.32 Å². The van der Waals surface area contributed by atoms with Crippen molar-refractivity contribution in [3.63, 3.8) is 0 Å². The van der Waals surface area contributed by atoms with E-state index in [0.717, 1.165) is 70.6 Å². The van der Waals surface area contributed by atoms with Crippen LogP contribution >= 0.6 is 0 Å². The number of nitrogens with one attached hydrogen (secondary N) is 1. The minimum Gasteiger partial charge on any atom is -0.466 e. The Bertz CT molecular complexity index is 997. The molecule has 2 unspecified atom stereocenters. The van der Waals surface area contributed by atoms with Crippen molar-refractivity contribution in [3.05, 3.63) is 24.3 Å². The number of hydrogen-bond donors (Lipinski definition) is 3. The van der Waals surface area contributed by atoms with Crippen molar-refractivity contribution in [3.8, 4) is 0 Å². The molecule has 0 spiro atoms. The minimum atomic E-state index is -0.684. The molecule has 6 heteroatoms. The molecule has 6 nitrogen and oxygen atoms in total. The Labute approximate surface area is 399 Å². The van der Waals surface area contributed by atoms with Gasteiger partial charge in [-0.15, -0.1) is 0 Å². The zero-order chi connectivity index (χ0) is 46.5. The van der Waals surface area contributed by atoms with E-state index < -0.39 is 12.1 Å². The van der Waals surface area contributed by atoms with Crippen molar-refractivity contribution in [1.82, 2.24) is 5.32 Å². The highest BCUT2D eigenvalue weighted by atomic mass is 16.5. The molecule has 0 radical (unpaired) electrons. The van der Waals surface area contributed by atoms with Crippen LogP contribution in [0.3, 0.4) is 0 Å². The highest BCUT2D eigenvalue weighted by molar-refractivity contribution is 5.76. The Balaban J connectivity index is 3.47. The number of carbonyl (C=O) groups excluding carboxylic acids is 2. The third-order valence-corrected chi connectivity index (χ3v) is 13.2. The van der Waals surface area contributed by atoms with Gasteiger partial charge in [0.25, 0.3) is 0 Å². The van der Waals surface area contributed by atoms with Crippen LogP contribution in [0.5, 0.6) is 0 Å². The predicted octanol–water partition coefficient (Wildman–Crippen LogP) is 17.5. The van der Waals surface area contributed by atoms with E-state index in [1.807, 2.05) is 0 Å². The molecule has 0 saturated heterocycles. The van der Waals surface area contributed by atoms with E-state index in [-0.39, 0.29) is 18.5 Å². The average molecular weight is 903 g/mol. The number of ether oxygens (including phenoxy) is 1. The summed E-state index contributed by atoms with van der Waals surface area (Å²) < 4.78 is 5.44. The molecule has 0 aromatic carbocycles. The fourth-order valence-electron chi connectivity index (χ4n) is 8.85. The Morgan fingerprint density at radius 2 is 0.812 bits per heavy atom. The first kappa shape index (κ1) is 62.3. The zero-order valence-electron chi connectivity index (χ0n) is 43.0. The molecule has 0 bridgehead atoms. The van der Waals surface area contributed by atoms with Crippen LogP contribution in [0.4, 0.5) is 0 Å². The fraction of sp³-hybridized carbons (Fsp3) is 0.897. The first-order chi connectivity index (χ1) is 31.5. The maximum atomic E-state index is 12.5. The number of aliphatic hydroxyl groups is 2. The van der Waals surface area contributed by atoms with Gasteiger partial charge in [0.15, 0.2) is 0 Å². The molecule has 3 N–H and O–H groups in total. The number of carbonyl (C=O) groups is 2. The van der Waals surface area contributed by atoms with Crippen molar-refractivity contribution in [2.75, 3.05) is 13.2 Å². The maximum absolute atomic E-state index is 12.5. The SMILES string of the molecule is CCC/C=C\C/C=C\CCCCCCCC(=O)OCCCCCCCCCCCC(=O)NC(CO)C(O)CCCCCCCCCCCCCCCCCCCCCCCCCCC. The average Bonchev–Trinajstić information content (AvgIpc) is 3.29. The van der Waals surface area contributed by atoms with Crippen LogP contribution in [0, 0.1) is 0 Å². The molecule has 0 aliphatic carbocycles.